The van der Waals surface area contributed by atoms with Gasteiger partial charge in [-0.25, -0.2) is 4.98 Å². The second kappa shape index (κ2) is 5.48. The summed E-state index contributed by atoms with van der Waals surface area (Å²) in [5.41, 5.74) is 0.169. The molecule has 0 bridgehead atoms. The first-order valence-corrected chi connectivity index (χ1v) is 5.85. The number of hydrogen-bond donors (Lipinski definition) is 1. The second-order valence-corrected chi connectivity index (χ2v) is 4.26. The van der Waals surface area contributed by atoms with Crippen LogP contribution in [0.15, 0.2) is 42.6 Å². The topological polar surface area (TPSA) is 24.9 Å². The molecule has 100 valence electrons. The van der Waals surface area contributed by atoms with E-state index in [4.69, 9.17) is 11.6 Å². The summed E-state index contributed by atoms with van der Waals surface area (Å²) in [6.45, 7) is 0.0655. The summed E-state index contributed by atoms with van der Waals surface area (Å²) in [6, 6.07) is 8.65. The lowest BCUT2D eigenvalue weighted by Crippen LogP contribution is -2.11. The van der Waals surface area contributed by atoms with Gasteiger partial charge in [-0.2, -0.15) is 13.2 Å². The first-order valence-electron chi connectivity index (χ1n) is 5.47. The standard InChI is InChI=1S/C13H10ClF3N2/c14-12-7-10(5-6-18-12)19-8-9-3-1-2-4-11(9)13(15,16)17/h1-7H,8H2,(H,18,19). The van der Waals surface area contributed by atoms with Crippen LogP contribution in [0.1, 0.15) is 11.1 Å². The number of halogens is 4. The van der Waals surface area contributed by atoms with E-state index in [-0.39, 0.29) is 17.3 Å². The number of aromatic nitrogens is 1. The molecule has 0 saturated carbocycles. The highest BCUT2D eigenvalue weighted by Gasteiger charge is 2.32. The quantitative estimate of drug-likeness (QED) is 0.848. The van der Waals surface area contributed by atoms with E-state index in [0.29, 0.717) is 5.69 Å². The highest BCUT2D eigenvalue weighted by molar-refractivity contribution is 6.29. The van der Waals surface area contributed by atoms with Crippen molar-refractivity contribution >= 4 is 17.3 Å². The molecule has 0 amide bonds. The lowest BCUT2D eigenvalue weighted by atomic mass is 10.1. The third-order valence-electron chi connectivity index (χ3n) is 2.53. The molecule has 6 heteroatoms. The van der Waals surface area contributed by atoms with E-state index in [1.807, 2.05) is 0 Å². The fourth-order valence-electron chi connectivity index (χ4n) is 1.66. The minimum Gasteiger partial charge on any atom is -0.381 e. The van der Waals surface area contributed by atoms with Crippen molar-refractivity contribution in [2.45, 2.75) is 12.7 Å². The number of hydrogen-bond acceptors (Lipinski definition) is 2. The van der Waals surface area contributed by atoms with Crippen LogP contribution in [0.5, 0.6) is 0 Å². The molecule has 1 aromatic carbocycles. The van der Waals surface area contributed by atoms with Crippen LogP contribution in [0.2, 0.25) is 5.15 Å². The van der Waals surface area contributed by atoms with Crippen LogP contribution in [0.3, 0.4) is 0 Å². The molecule has 1 N–H and O–H groups in total. The molecule has 1 heterocycles. The third-order valence-corrected chi connectivity index (χ3v) is 2.74. The number of benzene rings is 1. The van der Waals surface area contributed by atoms with Crippen LogP contribution in [0.25, 0.3) is 0 Å². The van der Waals surface area contributed by atoms with Crippen LogP contribution >= 0.6 is 11.6 Å². The van der Waals surface area contributed by atoms with Gasteiger partial charge in [0.15, 0.2) is 0 Å². The Morgan fingerprint density at radius 3 is 2.58 bits per heavy atom. The normalized spacial score (nSPS) is 11.4. The van der Waals surface area contributed by atoms with Gasteiger partial charge in [0.05, 0.1) is 5.56 Å². The Labute approximate surface area is 113 Å². The minimum absolute atomic E-state index is 0.0655. The van der Waals surface area contributed by atoms with Crippen molar-refractivity contribution in [1.82, 2.24) is 4.98 Å². The molecule has 0 atom stereocenters. The summed E-state index contributed by atoms with van der Waals surface area (Å²) in [5.74, 6) is 0. The van der Waals surface area contributed by atoms with E-state index in [9.17, 15) is 13.2 Å². The Kier molecular flexibility index (Phi) is 3.95. The van der Waals surface area contributed by atoms with Crippen LogP contribution in [0, 0.1) is 0 Å². The van der Waals surface area contributed by atoms with Crippen LogP contribution in [0.4, 0.5) is 18.9 Å². The lowest BCUT2D eigenvalue weighted by Gasteiger charge is -2.13. The molecule has 19 heavy (non-hydrogen) atoms. The maximum Gasteiger partial charge on any atom is 0.416 e. The van der Waals surface area contributed by atoms with Gasteiger partial charge in [-0.05, 0) is 23.8 Å². The molecule has 2 nitrogen and oxygen atoms in total. The maximum absolute atomic E-state index is 12.8. The highest BCUT2D eigenvalue weighted by atomic mass is 35.5. The average Bonchev–Trinajstić information content (AvgIpc) is 2.36. The molecular weight excluding hydrogens is 277 g/mol. The van der Waals surface area contributed by atoms with E-state index in [1.54, 1.807) is 18.2 Å². The van der Waals surface area contributed by atoms with Crippen molar-refractivity contribution in [3.05, 3.63) is 58.9 Å². The van der Waals surface area contributed by atoms with Crippen molar-refractivity contribution in [1.29, 1.82) is 0 Å². The third kappa shape index (κ3) is 3.61. The Balaban J connectivity index is 2.16. The zero-order chi connectivity index (χ0) is 13.9. The van der Waals surface area contributed by atoms with Gasteiger partial charge in [-0.15, -0.1) is 0 Å². The SMILES string of the molecule is FC(F)(F)c1ccccc1CNc1ccnc(Cl)c1. The van der Waals surface area contributed by atoms with Gasteiger partial charge >= 0.3 is 6.18 Å². The summed E-state index contributed by atoms with van der Waals surface area (Å²) >= 11 is 5.70. The summed E-state index contributed by atoms with van der Waals surface area (Å²) in [4.78, 5) is 3.80. The molecule has 0 aliphatic heterocycles. The Bertz CT molecular complexity index is 570. The predicted molar refractivity (Wildman–Crippen MR) is 68.0 cm³/mol. The maximum atomic E-state index is 12.8. The van der Waals surface area contributed by atoms with Crippen LogP contribution in [-0.2, 0) is 12.7 Å². The van der Waals surface area contributed by atoms with Gasteiger partial charge in [0.25, 0.3) is 0 Å². The molecule has 1 aromatic heterocycles. The molecule has 2 aromatic rings. The number of nitrogens with zero attached hydrogens (tertiary/aromatic N) is 1. The predicted octanol–water partition coefficient (Wildman–Crippen LogP) is 4.37. The molecule has 0 unspecified atom stereocenters. The molecule has 0 spiro atoms. The van der Waals surface area contributed by atoms with E-state index in [2.05, 4.69) is 10.3 Å². The van der Waals surface area contributed by atoms with Gasteiger partial charge < -0.3 is 5.32 Å². The summed E-state index contributed by atoms with van der Waals surface area (Å²) in [7, 11) is 0. The fourth-order valence-corrected chi connectivity index (χ4v) is 1.83. The molecule has 0 saturated heterocycles. The van der Waals surface area contributed by atoms with Gasteiger partial charge in [0.2, 0.25) is 0 Å². The number of nitrogens with one attached hydrogen (secondary N) is 1. The van der Waals surface area contributed by atoms with Gasteiger partial charge in [-0.3, -0.25) is 0 Å². The molecule has 0 radical (unpaired) electrons. The zero-order valence-corrected chi connectivity index (χ0v) is 10.5. The average molecular weight is 287 g/mol. The van der Waals surface area contributed by atoms with E-state index in [1.165, 1.54) is 18.3 Å². The number of pyridine rings is 1. The smallest absolute Gasteiger partial charge is 0.381 e. The van der Waals surface area contributed by atoms with Gasteiger partial charge in [0.1, 0.15) is 5.15 Å². The molecule has 0 aliphatic carbocycles. The van der Waals surface area contributed by atoms with Gasteiger partial charge in [-0.1, -0.05) is 29.8 Å². The van der Waals surface area contributed by atoms with Crippen LogP contribution in [-0.4, -0.2) is 4.98 Å². The number of alkyl halides is 3. The fraction of sp³-hybridized carbons (Fsp3) is 0.154. The summed E-state index contributed by atoms with van der Waals surface area (Å²) in [6.07, 6.45) is -2.87. The molecular formula is C13H10ClF3N2. The monoisotopic (exact) mass is 286 g/mol. The van der Waals surface area contributed by atoms with Crippen molar-refractivity contribution in [2.24, 2.45) is 0 Å². The minimum atomic E-state index is -4.35. The van der Waals surface area contributed by atoms with E-state index < -0.39 is 11.7 Å². The molecule has 0 fully saturated rings. The van der Waals surface area contributed by atoms with E-state index in [0.717, 1.165) is 6.07 Å². The van der Waals surface area contributed by atoms with Crippen molar-refractivity contribution in [3.63, 3.8) is 0 Å². The first kappa shape index (κ1) is 13.7. The Hall–Kier alpha value is -1.75. The summed E-state index contributed by atoms with van der Waals surface area (Å²) < 4.78 is 38.3. The lowest BCUT2D eigenvalue weighted by molar-refractivity contribution is -0.138. The number of rotatable bonds is 3. The van der Waals surface area contributed by atoms with Crippen LogP contribution < -0.4 is 5.32 Å². The molecule has 2 rings (SSSR count). The van der Waals surface area contributed by atoms with Gasteiger partial charge in [0, 0.05) is 18.4 Å². The largest absolute Gasteiger partial charge is 0.416 e. The van der Waals surface area contributed by atoms with Crippen molar-refractivity contribution < 1.29 is 13.2 Å². The van der Waals surface area contributed by atoms with E-state index >= 15 is 0 Å². The second-order valence-electron chi connectivity index (χ2n) is 3.88. The first-order chi connectivity index (χ1) is 8.97. The Morgan fingerprint density at radius 1 is 1.16 bits per heavy atom. The number of anilines is 1. The van der Waals surface area contributed by atoms with Crippen molar-refractivity contribution in [3.8, 4) is 0 Å². The van der Waals surface area contributed by atoms with Crippen molar-refractivity contribution in [2.75, 3.05) is 5.32 Å². The Morgan fingerprint density at radius 2 is 1.89 bits per heavy atom. The zero-order valence-electron chi connectivity index (χ0n) is 9.71. The highest BCUT2D eigenvalue weighted by Crippen LogP contribution is 2.32. The summed E-state index contributed by atoms with van der Waals surface area (Å²) in [5, 5.41) is 3.18. The molecule has 0 aliphatic rings.